The molecule has 0 radical (unpaired) electrons. The van der Waals surface area contributed by atoms with E-state index in [2.05, 4.69) is 31.6 Å². The number of aryl methyl sites for hydroxylation is 1. The van der Waals surface area contributed by atoms with Gasteiger partial charge in [-0.1, -0.05) is 18.7 Å². The van der Waals surface area contributed by atoms with E-state index in [1.54, 1.807) is 18.5 Å². The van der Waals surface area contributed by atoms with Crippen molar-refractivity contribution >= 4 is 16.6 Å². The maximum absolute atomic E-state index is 14.9. The standard InChI is InChI=1S/C25H25FN6/c1-3-8-21(32-11-5-4-6-12-32)22-16(2)28-25(29-22)24-19-13-18(17-9-7-10-27-15-17)14-20(26)23(19)30-31-24/h3,7-10,13-15H,1,4-6,11-12H2,2H3,(H,28,29)(H,30,31)/b21-8+. The molecule has 3 aromatic heterocycles. The lowest BCUT2D eigenvalue weighted by Crippen LogP contribution is -2.28. The van der Waals surface area contributed by atoms with Gasteiger partial charge in [-0.2, -0.15) is 5.10 Å². The molecule has 1 fully saturated rings. The van der Waals surface area contributed by atoms with Crippen LogP contribution in [0.15, 0.2) is 55.4 Å². The molecule has 6 nitrogen and oxygen atoms in total. The van der Waals surface area contributed by atoms with Crippen molar-refractivity contribution in [1.82, 2.24) is 30.0 Å². The largest absolute Gasteiger partial charge is 0.370 e. The summed E-state index contributed by atoms with van der Waals surface area (Å²) in [7, 11) is 0. The molecule has 1 aliphatic rings. The summed E-state index contributed by atoms with van der Waals surface area (Å²) in [4.78, 5) is 14.8. The number of hydrogen-bond donors (Lipinski definition) is 2. The summed E-state index contributed by atoms with van der Waals surface area (Å²) in [5.41, 5.74) is 5.44. The molecule has 162 valence electrons. The molecular weight excluding hydrogens is 403 g/mol. The van der Waals surface area contributed by atoms with Gasteiger partial charge in [-0.3, -0.25) is 10.1 Å². The van der Waals surface area contributed by atoms with Crippen LogP contribution >= 0.6 is 0 Å². The van der Waals surface area contributed by atoms with Crippen molar-refractivity contribution in [2.75, 3.05) is 13.1 Å². The number of nitrogens with zero attached hydrogens (tertiary/aromatic N) is 4. The van der Waals surface area contributed by atoms with Gasteiger partial charge in [0.2, 0.25) is 0 Å². The number of nitrogens with one attached hydrogen (secondary N) is 2. The number of aromatic amines is 2. The molecule has 0 atom stereocenters. The highest BCUT2D eigenvalue weighted by atomic mass is 19.1. The molecule has 0 saturated carbocycles. The average molecular weight is 429 g/mol. The molecule has 0 spiro atoms. The fraction of sp³-hybridized carbons (Fsp3) is 0.240. The highest BCUT2D eigenvalue weighted by Crippen LogP contribution is 2.33. The SMILES string of the molecule is C=C/C=C(\c1nc(-c2[nH]nc3c(F)cc(-c4cccnc4)cc23)[nH]c1C)N1CCCCC1. The average Bonchev–Trinajstić information content (AvgIpc) is 3.42. The van der Waals surface area contributed by atoms with Gasteiger partial charge < -0.3 is 9.88 Å². The molecule has 0 bridgehead atoms. The Kier molecular flexibility index (Phi) is 5.31. The fourth-order valence-electron chi connectivity index (χ4n) is 4.36. The van der Waals surface area contributed by atoms with Crippen molar-refractivity contribution in [2.45, 2.75) is 26.2 Å². The van der Waals surface area contributed by atoms with Gasteiger partial charge in [0.05, 0.1) is 5.70 Å². The van der Waals surface area contributed by atoms with Gasteiger partial charge in [0.15, 0.2) is 11.6 Å². The first-order valence-electron chi connectivity index (χ1n) is 10.9. The normalized spacial score (nSPS) is 14.8. The van der Waals surface area contributed by atoms with Gasteiger partial charge in [0, 0.05) is 42.1 Å². The number of rotatable bonds is 5. The van der Waals surface area contributed by atoms with Crippen LogP contribution in [0.2, 0.25) is 0 Å². The highest BCUT2D eigenvalue weighted by Gasteiger charge is 2.22. The van der Waals surface area contributed by atoms with Crippen LogP contribution in [-0.2, 0) is 0 Å². The van der Waals surface area contributed by atoms with Crippen LogP contribution < -0.4 is 0 Å². The highest BCUT2D eigenvalue weighted by molar-refractivity contribution is 5.95. The number of aromatic nitrogens is 5. The summed E-state index contributed by atoms with van der Waals surface area (Å²) in [6, 6.07) is 7.17. The van der Waals surface area contributed by atoms with Gasteiger partial charge in [-0.05, 0) is 56.0 Å². The zero-order valence-electron chi connectivity index (χ0n) is 18.0. The molecule has 7 heteroatoms. The molecule has 1 saturated heterocycles. The van der Waals surface area contributed by atoms with E-state index in [1.165, 1.54) is 25.3 Å². The summed E-state index contributed by atoms with van der Waals surface area (Å²) < 4.78 is 14.9. The van der Waals surface area contributed by atoms with Crippen LogP contribution in [0, 0.1) is 12.7 Å². The lowest BCUT2D eigenvalue weighted by Gasteiger charge is -2.30. The third-order valence-corrected chi connectivity index (χ3v) is 5.94. The monoisotopic (exact) mass is 428 g/mol. The molecule has 0 amide bonds. The zero-order chi connectivity index (χ0) is 22.1. The first kappa shape index (κ1) is 20.2. The quantitative estimate of drug-likeness (QED) is 0.413. The van der Waals surface area contributed by atoms with Crippen LogP contribution in [0.25, 0.3) is 39.2 Å². The minimum absolute atomic E-state index is 0.293. The number of piperidine rings is 1. The summed E-state index contributed by atoms with van der Waals surface area (Å²) in [6.07, 6.45) is 10.8. The number of fused-ring (bicyclic) bond motifs is 1. The van der Waals surface area contributed by atoms with Crippen molar-refractivity contribution in [2.24, 2.45) is 0 Å². The molecule has 0 unspecified atom stereocenters. The maximum Gasteiger partial charge on any atom is 0.157 e. The number of benzene rings is 1. The lowest BCUT2D eigenvalue weighted by atomic mass is 10.0. The van der Waals surface area contributed by atoms with Gasteiger partial charge in [-0.15, -0.1) is 0 Å². The minimum atomic E-state index is -0.382. The first-order chi connectivity index (χ1) is 15.7. The van der Waals surface area contributed by atoms with E-state index < -0.39 is 0 Å². The van der Waals surface area contributed by atoms with E-state index in [4.69, 9.17) is 4.98 Å². The van der Waals surface area contributed by atoms with Gasteiger partial charge in [-0.25, -0.2) is 9.37 Å². The predicted molar refractivity (Wildman–Crippen MR) is 125 cm³/mol. The number of halogens is 1. The van der Waals surface area contributed by atoms with Crippen molar-refractivity contribution in [3.05, 3.63) is 72.6 Å². The molecule has 5 rings (SSSR count). The number of H-pyrrole nitrogens is 2. The zero-order valence-corrected chi connectivity index (χ0v) is 18.0. The molecule has 0 aliphatic carbocycles. The molecule has 1 aromatic carbocycles. The van der Waals surface area contributed by atoms with Crippen molar-refractivity contribution < 1.29 is 4.39 Å². The van der Waals surface area contributed by atoms with Crippen LogP contribution in [0.4, 0.5) is 4.39 Å². The van der Waals surface area contributed by atoms with Gasteiger partial charge >= 0.3 is 0 Å². The lowest BCUT2D eigenvalue weighted by molar-refractivity contribution is 0.325. The third-order valence-electron chi connectivity index (χ3n) is 5.94. The van der Waals surface area contributed by atoms with E-state index >= 15 is 0 Å². The van der Waals surface area contributed by atoms with E-state index in [0.29, 0.717) is 22.4 Å². The Hall–Kier alpha value is -3.74. The summed E-state index contributed by atoms with van der Waals surface area (Å²) in [6.45, 7) is 7.92. The van der Waals surface area contributed by atoms with Gasteiger partial charge in [0.1, 0.15) is 16.9 Å². The van der Waals surface area contributed by atoms with Crippen molar-refractivity contribution in [1.29, 1.82) is 0 Å². The summed E-state index contributed by atoms with van der Waals surface area (Å²) in [5.74, 6) is 0.252. The number of imidazole rings is 1. The Labute approximate surface area is 185 Å². The summed E-state index contributed by atoms with van der Waals surface area (Å²) in [5, 5.41) is 7.89. The van der Waals surface area contributed by atoms with Crippen LogP contribution in [0.5, 0.6) is 0 Å². The third kappa shape index (κ3) is 3.60. The van der Waals surface area contributed by atoms with E-state index in [1.807, 2.05) is 31.2 Å². The molecule has 1 aliphatic heterocycles. The molecule has 2 N–H and O–H groups in total. The Balaban J connectivity index is 1.60. The van der Waals surface area contributed by atoms with E-state index in [0.717, 1.165) is 41.3 Å². The second-order valence-electron chi connectivity index (χ2n) is 8.09. The Morgan fingerprint density at radius 3 is 2.78 bits per heavy atom. The van der Waals surface area contributed by atoms with E-state index in [9.17, 15) is 4.39 Å². The number of hydrogen-bond acceptors (Lipinski definition) is 4. The van der Waals surface area contributed by atoms with Crippen molar-refractivity contribution in [3.63, 3.8) is 0 Å². The summed E-state index contributed by atoms with van der Waals surface area (Å²) >= 11 is 0. The topological polar surface area (TPSA) is 73.5 Å². The molecule has 4 aromatic rings. The smallest absolute Gasteiger partial charge is 0.157 e. The molecule has 32 heavy (non-hydrogen) atoms. The van der Waals surface area contributed by atoms with Gasteiger partial charge in [0.25, 0.3) is 0 Å². The Bertz CT molecular complexity index is 1290. The molecular formula is C25H25FN6. The second kappa shape index (κ2) is 8.42. The van der Waals surface area contributed by atoms with Crippen LogP contribution in [0.3, 0.4) is 0 Å². The Morgan fingerprint density at radius 2 is 2.03 bits per heavy atom. The number of pyridine rings is 1. The molecule has 4 heterocycles. The van der Waals surface area contributed by atoms with Crippen molar-refractivity contribution in [3.8, 4) is 22.6 Å². The second-order valence-corrected chi connectivity index (χ2v) is 8.09. The fourth-order valence-corrected chi connectivity index (χ4v) is 4.36. The first-order valence-corrected chi connectivity index (χ1v) is 10.9. The van der Waals surface area contributed by atoms with Crippen LogP contribution in [-0.4, -0.2) is 43.1 Å². The Morgan fingerprint density at radius 1 is 1.19 bits per heavy atom. The van der Waals surface area contributed by atoms with Crippen LogP contribution in [0.1, 0.15) is 30.7 Å². The minimum Gasteiger partial charge on any atom is -0.370 e. The number of likely N-dealkylation sites (tertiary alicyclic amines) is 1. The maximum atomic E-state index is 14.9. The van der Waals surface area contributed by atoms with E-state index in [-0.39, 0.29) is 5.82 Å². The predicted octanol–water partition coefficient (Wildman–Crippen LogP) is 5.48. The number of allylic oxidation sites excluding steroid dienone is 2.